The SMILES string of the molecule is COC(C)(C)CCCC(C)CC=CC(C)=CC(=O)[O-].[K+]. The zero-order valence-electron chi connectivity index (χ0n) is 13.9. The van der Waals surface area contributed by atoms with Gasteiger partial charge in [-0.1, -0.05) is 31.9 Å². The Labute approximate surface area is 166 Å². The molecule has 0 saturated heterocycles. The Morgan fingerprint density at radius 1 is 1.40 bits per heavy atom. The van der Waals surface area contributed by atoms with Gasteiger partial charge in [0.2, 0.25) is 0 Å². The van der Waals surface area contributed by atoms with E-state index in [0.717, 1.165) is 31.8 Å². The fourth-order valence-corrected chi connectivity index (χ4v) is 1.82. The second-order valence-corrected chi connectivity index (χ2v) is 5.81. The van der Waals surface area contributed by atoms with Crippen LogP contribution in [-0.2, 0) is 9.53 Å². The van der Waals surface area contributed by atoms with Crippen LogP contribution in [0.4, 0.5) is 0 Å². The van der Waals surface area contributed by atoms with Crippen molar-refractivity contribution in [1.82, 2.24) is 0 Å². The molecule has 0 aromatic rings. The zero-order chi connectivity index (χ0) is 14.9. The van der Waals surface area contributed by atoms with E-state index in [2.05, 4.69) is 20.8 Å². The van der Waals surface area contributed by atoms with Crippen LogP contribution in [-0.4, -0.2) is 18.7 Å². The van der Waals surface area contributed by atoms with Crippen LogP contribution < -0.4 is 56.5 Å². The summed E-state index contributed by atoms with van der Waals surface area (Å²) in [6.07, 6.45) is 9.30. The number of allylic oxidation sites excluding steroid dienone is 3. The predicted molar refractivity (Wildman–Crippen MR) is 76.6 cm³/mol. The third kappa shape index (κ3) is 13.5. The standard InChI is InChI=1S/C16H28O3.K/c1-13(10-7-11-16(3,4)19-5)8-6-9-14(2)12-15(17)18;/h6,9,12-13H,7-8,10-11H2,1-5H3,(H,17,18);/q;+1/p-1. The molecule has 0 rings (SSSR count). The van der Waals surface area contributed by atoms with Crippen molar-refractivity contribution < 1.29 is 66.0 Å². The van der Waals surface area contributed by atoms with Gasteiger partial charge in [0, 0.05) is 7.11 Å². The number of carboxylic acid groups (broad SMARTS) is 1. The Hall–Kier alpha value is 0.546. The van der Waals surface area contributed by atoms with E-state index in [1.165, 1.54) is 0 Å². The summed E-state index contributed by atoms with van der Waals surface area (Å²) in [6, 6.07) is 0. The Bertz CT molecular complexity index is 333. The summed E-state index contributed by atoms with van der Waals surface area (Å²) in [4.78, 5) is 10.3. The van der Waals surface area contributed by atoms with Gasteiger partial charge in [-0.3, -0.25) is 0 Å². The van der Waals surface area contributed by atoms with E-state index in [-0.39, 0.29) is 57.0 Å². The van der Waals surface area contributed by atoms with E-state index in [1.807, 2.05) is 12.2 Å². The second kappa shape index (κ2) is 12.1. The number of carbonyl (C=O) groups excluding carboxylic acids is 1. The topological polar surface area (TPSA) is 49.4 Å². The summed E-state index contributed by atoms with van der Waals surface area (Å²) in [5.74, 6) is -0.545. The number of carbonyl (C=O) groups is 1. The van der Waals surface area contributed by atoms with Crippen molar-refractivity contribution in [2.75, 3.05) is 7.11 Å². The van der Waals surface area contributed by atoms with E-state index in [0.29, 0.717) is 11.5 Å². The molecule has 0 amide bonds. The molecule has 0 radical (unpaired) electrons. The number of methoxy groups -OCH3 is 1. The molecule has 3 nitrogen and oxygen atoms in total. The second-order valence-electron chi connectivity index (χ2n) is 5.81. The third-order valence-electron chi connectivity index (χ3n) is 3.29. The molecule has 0 aliphatic carbocycles. The molecule has 0 N–H and O–H groups in total. The minimum atomic E-state index is -1.14. The van der Waals surface area contributed by atoms with Gasteiger partial charge in [0.15, 0.2) is 0 Å². The number of hydrogen-bond donors (Lipinski definition) is 0. The first-order valence-electron chi connectivity index (χ1n) is 6.88. The van der Waals surface area contributed by atoms with Crippen molar-refractivity contribution in [3.05, 3.63) is 23.8 Å². The maximum atomic E-state index is 10.3. The molecule has 0 aromatic carbocycles. The first-order chi connectivity index (χ1) is 8.76. The van der Waals surface area contributed by atoms with E-state index in [4.69, 9.17) is 4.74 Å². The van der Waals surface area contributed by atoms with Crippen LogP contribution >= 0.6 is 0 Å². The molecule has 0 aliphatic heterocycles. The zero-order valence-corrected chi connectivity index (χ0v) is 17.0. The molecule has 4 heteroatoms. The molecule has 0 aliphatic rings. The monoisotopic (exact) mass is 306 g/mol. The molecule has 20 heavy (non-hydrogen) atoms. The molecule has 0 heterocycles. The summed E-state index contributed by atoms with van der Waals surface area (Å²) in [5.41, 5.74) is 0.677. The van der Waals surface area contributed by atoms with Crippen LogP contribution in [0.3, 0.4) is 0 Å². The van der Waals surface area contributed by atoms with Crippen LogP contribution in [0.2, 0.25) is 0 Å². The van der Waals surface area contributed by atoms with Gasteiger partial charge in [-0.2, -0.15) is 0 Å². The molecule has 0 bridgehead atoms. The largest absolute Gasteiger partial charge is 1.00 e. The third-order valence-corrected chi connectivity index (χ3v) is 3.29. The molecule has 0 fully saturated rings. The van der Waals surface area contributed by atoms with Crippen LogP contribution in [0.25, 0.3) is 0 Å². The first-order valence-corrected chi connectivity index (χ1v) is 6.88. The van der Waals surface area contributed by atoms with Gasteiger partial charge in [-0.15, -0.1) is 0 Å². The van der Waals surface area contributed by atoms with Gasteiger partial charge in [0.05, 0.1) is 11.6 Å². The average molecular weight is 306 g/mol. The van der Waals surface area contributed by atoms with Gasteiger partial charge in [0.25, 0.3) is 0 Å². The molecule has 1 atom stereocenters. The van der Waals surface area contributed by atoms with Gasteiger partial charge in [-0.05, 0) is 51.2 Å². The fourth-order valence-electron chi connectivity index (χ4n) is 1.82. The van der Waals surface area contributed by atoms with Crippen LogP contribution in [0.1, 0.15) is 53.4 Å². The van der Waals surface area contributed by atoms with Gasteiger partial charge in [-0.25, -0.2) is 0 Å². The molecule has 0 saturated carbocycles. The van der Waals surface area contributed by atoms with E-state index < -0.39 is 5.97 Å². The van der Waals surface area contributed by atoms with E-state index in [1.54, 1.807) is 14.0 Å². The first kappa shape index (κ1) is 22.8. The normalized spacial score (nSPS) is 14.2. The molecule has 1 unspecified atom stereocenters. The summed E-state index contributed by atoms with van der Waals surface area (Å²) in [6.45, 7) is 8.18. The van der Waals surface area contributed by atoms with Crippen molar-refractivity contribution >= 4 is 5.97 Å². The summed E-state index contributed by atoms with van der Waals surface area (Å²) >= 11 is 0. The van der Waals surface area contributed by atoms with Crippen LogP contribution in [0.15, 0.2) is 23.8 Å². The summed E-state index contributed by atoms with van der Waals surface area (Å²) < 4.78 is 5.39. The van der Waals surface area contributed by atoms with Crippen molar-refractivity contribution in [2.45, 2.75) is 59.0 Å². The minimum Gasteiger partial charge on any atom is -0.545 e. The number of ether oxygens (including phenoxy) is 1. The maximum Gasteiger partial charge on any atom is 1.00 e. The summed E-state index contributed by atoms with van der Waals surface area (Å²) in [5, 5.41) is 10.3. The molecule has 0 spiro atoms. The fraction of sp³-hybridized carbons (Fsp3) is 0.688. The molecule has 0 aromatic heterocycles. The quantitative estimate of drug-likeness (QED) is 0.339. The summed E-state index contributed by atoms with van der Waals surface area (Å²) in [7, 11) is 1.75. The number of hydrogen-bond acceptors (Lipinski definition) is 3. The molecular formula is C16H27KO3. The Morgan fingerprint density at radius 2 is 2.00 bits per heavy atom. The van der Waals surface area contributed by atoms with Gasteiger partial charge >= 0.3 is 51.4 Å². The van der Waals surface area contributed by atoms with Crippen LogP contribution in [0, 0.1) is 5.92 Å². The maximum absolute atomic E-state index is 10.3. The van der Waals surface area contributed by atoms with Crippen LogP contribution in [0.5, 0.6) is 0 Å². The van der Waals surface area contributed by atoms with Crippen molar-refractivity contribution in [3.63, 3.8) is 0 Å². The van der Waals surface area contributed by atoms with E-state index >= 15 is 0 Å². The Balaban J connectivity index is 0. The van der Waals surface area contributed by atoms with Crippen molar-refractivity contribution in [1.29, 1.82) is 0 Å². The van der Waals surface area contributed by atoms with E-state index in [9.17, 15) is 9.90 Å². The predicted octanol–water partition coefficient (Wildman–Crippen LogP) is -0.136. The smallest absolute Gasteiger partial charge is 0.545 e. The minimum absolute atomic E-state index is 0. The van der Waals surface area contributed by atoms with Crippen molar-refractivity contribution in [2.24, 2.45) is 5.92 Å². The Morgan fingerprint density at radius 3 is 2.50 bits per heavy atom. The number of carboxylic acids is 1. The Kier molecular flexibility index (Phi) is 13.8. The molecule has 110 valence electrons. The van der Waals surface area contributed by atoms with Crippen molar-refractivity contribution in [3.8, 4) is 0 Å². The molecular weight excluding hydrogens is 279 g/mol. The average Bonchev–Trinajstić information content (AvgIpc) is 2.27. The van der Waals surface area contributed by atoms with Gasteiger partial charge in [0.1, 0.15) is 0 Å². The van der Waals surface area contributed by atoms with Gasteiger partial charge < -0.3 is 14.6 Å². The number of aliphatic carboxylic acids is 1. The number of rotatable bonds is 9.